The van der Waals surface area contributed by atoms with Crippen molar-refractivity contribution in [3.05, 3.63) is 23.7 Å². The molecule has 0 radical (unpaired) electrons. The molecule has 0 amide bonds. The van der Waals surface area contributed by atoms with Crippen LogP contribution in [0.3, 0.4) is 0 Å². The van der Waals surface area contributed by atoms with Gasteiger partial charge < -0.3 is 10.2 Å². The fraction of sp³-hybridized carbons (Fsp3) is 0. The van der Waals surface area contributed by atoms with E-state index in [1.165, 1.54) is 0 Å². The molecule has 0 fully saturated rings. The van der Waals surface area contributed by atoms with Gasteiger partial charge in [-0.3, -0.25) is 9.59 Å². The second-order valence-electron chi connectivity index (χ2n) is 1.76. The monoisotopic (exact) mass is 140 g/mol. The van der Waals surface area contributed by atoms with E-state index >= 15 is 0 Å². The topological polar surface area (TPSA) is 74.6 Å². The van der Waals surface area contributed by atoms with Crippen molar-refractivity contribution >= 4 is 11.6 Å². The fourth-order valence-electron chi connectivity index (χ4n) is 0.542. The summed E-state index contributed by atoms with van der Waals surface area (Å²) in [5.74, 6) is -3.41. The van der Waals surface area contributed by atoms with Gasteiger partial charge in [-0.25, -0.2) is 0 Å². The lowest BCUT2D eigenvalue weighted by Gasteiger charge is -2.01. The third-order valence-corrected chi connectivity index (χ3v) is 1.07. The van der Waals surface area contributed by atoms with Gasteiger partial charge in [0, 0.05) is 0 Å². The maximum atomic E-state index is 10.5. The fourth-order valence-corrected chi connectivity index (χ4v) is 0.542. The van der Waals surface area contributed by atoms with E-state index in [0.29, 0.717) is 0 Å². The lowest BCUT2D eigenvalue weighted by Crippen LogP contribution is -2.20. The van der Waals surface area contributed by atoms with Crippen molar-refractivity contribution in [2.24, 2.45) is 0 Å². The van der Waals surface area contributed by atoms with E-state index in [4.69, 9.17) is 10.2 Å². The molecule has 0 aliphatic heterocycles. The lowest BCUT2D eigenvalue weighted by atomic mass is 10.1. The second kappa shape index (κ2) is 1.98. The molecule has 0 unspecified atom stereocenters. The van der Waals surface area contributed by atoms with Gasteiger partial charge in [-0.05, 0) is 12.2 Å². The Balaban J connectivity index is 3.09. The van der Waals surface area contributed by atoms with E-state index in [2.05, 4.69) is 0 Å². The second-order valence-corrected chi connectivity index (χ2v) is 1.76. The van der Waals surface area contributed by atoms with Crippen LogP contribution in [0, 0.1) is 0 Å². The van der Waals surface area contributed by atoms with Gasteiger partial charge in [0.1, 0.15) is 0 Å². The van der Waals surface area contributed by atoms with Gasteiger partial charge in [0.05, 0.1) is 0 Å². The van der Waals surface area contributed by atoms with Crippen LogP contribution >= 0.6 is 0 Å². The maximum absolute atomic E-state index is 10.5. The number of Topliss-reactive ketones (excluding diaryl/α,β-unsaturated/α-hetero) is 2. The van der Waals surface area contributed by atoms with Gasteiger partial charge in [-0.1, -0.05) is 0 Å². The van der Waals surface area contributed by atoms with Crippen LogP contribution in [0.1, 0.15) is 0 Å². The molecule has 1 aliphatic carbocycles. The Bertz CT molecular complexity index is 223. The van der Waals surface area contributed by atoms with Gasteiger partial charge in [0.25, 0.3) is 11.6 Å². The predicted octanol–water partition coefficient (Wildman–Crippen LogP) is 0.0220. The minimum Gasteiger partial charge on any atom is -0.504 e. The molecular formula is C6H4O4. The normalized spacial score (nSPS) is 18.4. The van der Waals surface area contributed by atoms with E-state index in [1.807, 2.05) is 0 Å². The van der Waals surface area contributed by atoms with E-state index in [-0.39, 0.29) is 0 Å². The van der Waals surface area contributed by atoms with Gasteiger partial charge in [-0.2, -0.15) is 0 Å². The van der Waals surface area contributed by atoms with E-state index < -0.39 is 23.1 Å². The van der Waals surface area contributed by atoms with Crippen molar-refractivity contribution in [1.82, 2.24) is 0 Å². The van der Waals surface area contributed by atoms with Crippen LogP contribution in [0.25, 0.3) is 0 Å². The Hall–Kier alpha value is -1.58. The van der Waals surface area contributed by atoms with Crippen LogP contribution in [0.2, 0.25) is 0 Å². The van der Waals surface area contributed by atoms with Crippen LogP contribution in [-0.4, -0.2) is 21.8 Å². The smallest absolute Gasteiger partial charge is 0.271 e. The van der Waals surface area contributed by atoms with Crippen LogP contribution in [-0.2, 0) is 9.59 Å². The molecule has 0 spiro atoms. The molecular weight excluding hydrogens is 136 g/mol. The molecule has 1 rings (SSSR count). The third kappa shape index (κ3) is 0.793. The zero-order valence-corrected chi connectivity index (χ0v) is 4.87. The molecule has 0 saturated heterocycles. The molecule has 0 aromatic carbocycles. The average molecular weight is 140 g/mol. The minimum absolute atomic E-state index is 0.636. The summed E-state index contributed by atoms with van der Waals surface area (Å²) in [5, 5.41) is 17.2. The van der Waals surface area contributed by atoms with Crippen LogP contribution in [0.5, 0.6) is 0 Å². The molecule has 0 atom stereocenters. The van der Waals surface area contributed by atoms with Gasteiger partial charge >= 0.3 is 0 Å². The van der Waals surface area contributed by atoms with E-state index in [0.717, 1.165) is 12.2 Å². The highest BCUT2D eigenvalue weighted by molar-refractivity contribution is 6.48. The lowest BCUT2D eigenvalue weighted by molar-refractivity contribution is -0.135. The summed E-state index contributed by atoms with van der Waals surface area (Å²) >= 11 is 0. The highest BCUT2D eigenvalue weighted by Crippen LogP contribution is 2.06. The number of rotatable bonds is 0. The number of allylic oxidation sites excluding steroid dienone is 4. The first-order chi connectivity index (χ1) is 4.63. The molecule has 1 aliphatic rings. The first-order valence-electron chi connectivity index (χ1n) is 2.52. The summed E-state index contributed by atoms with van der Waals surface area (Å²) in [7, 11) is 0. The molecule has 0 saturated carbocycles. The van der Waals surface area contributed by atoms with Crippen molar-refractivity contribution in [3.63, 3.8) is 0 Å². The van der Waals surface area contributed by atoms with Crippen LogP contribution in [0.15, 0.2) is 23.7 Å². The molecule has 4 heteroatoms. The maximum Gasteiger partial charge on any atom is 0.271 e. The molecule has 0 aromatic rings. The Morgan fingerprint density at radius 3 is 1.50 bits per heavy atom. The quantitative estimate of drug-likeness (QED) is 0.367. The number of hydrogen-bond donors (Lipinski definition) is 2. The highest BCUT2D eigenvalue weighted by Gasteiger charge is 2.24. The van der Waals surface area contributed by atoms with E-state index in [1.54, 1.807) is 0 Å². The zero-order valence-electron chi connectivity index (χ0n) is 4.87. The van der Waals surface area contributed by atoms with Crippen molar-refractivity contribution < 1.29 is 19.8 Å². The number of hydrogen-bond acceptors (Lipinski definition) is 4. The number of carbonyl (C=O) groups is 2. The van der Waals surface area contributed by atoms with Crippen molar-refractivity contribution in [3.8, 4) is 0 Å². The van der Waals surface area contributed by atoms with Gasteiger partial charge in [0.2, 0.25) is 0 Å². The largest absolute Gasteiger partial charge is 0.504 e. The van der Waals surface area contributed by atoms with Crippen LogP contribution < -0.4 is 0 Å². The summed E-state index contributed by atoms with van der Waals surface area (Å²) in [4.78, 5) is 20.9. The summed E-state index contributed by atoms with van der Waals surface area (Å²) in [6, 6.07) is 0. The summed E-state index contributed by atoms with van der Waals surface area (Å²) < 4.78 is 0. The number of aliphatic hydroxyl groups is 2. The Labute approximate surface area is 56.1 Å². The minimum atomic E-state index is -1.07. The zero-order chi connectivity index (χ0) is 7.72. The SMILES string of the molecule is O=C1C(=O)C(O)=CC=C1O. The summed E-state index contributed by atoms with van der Waals surface area (Å²) in [5.41, 5.74) is 0. The molecule has 4 nitrogen and oxygen atoms in total. The number of aliphatic hydroxyl groups excluding tert-OH is 2. The van der Waals surface area contributed by atoms with Crippen molar-refractivity contribution in [2.45, 2.75) is 0 Å². The van der Waals surface area contributed by atoms with E-state index in [9.17, 15) is 9.59 Å². The predicted molar refractivity (Wildman–Crippen MR) is 31.4 cm³/mol. The number of ketones is 2. The Morgan fingerprint density at radius 1 is 0.900 bits per heavy atom. The molecule has 0 bridgehead atoms. The molecule has 10 heavy (non-hydrogen) atoms. The number of carbonyl (C=O) groups excluding carboxylic acids is 2. The average Bonchev–Trinajstić information content (AvgIpc) is 1.93. The Kier molecular flexibility index (Phi) is 1.30. The Morgan fingerprint density at radius 2 is 1.20 bits per heavy atom. The van der Waals surface area contributed by atoms with Crippen molar-refractivity contribution in [1.29, 1.82) is 0 Å². The third-order valence-electron chi connectivity index (χ3n) is 1.07. The van der Waals surface area contributed by atoms with Gasteiger partial charge in [-0.15, -0.1) is 0 Å². The molecule has 0 heterocycles. The highest BCUT2D eigenvalue weighted by atomic mass is 16.3. The molecule has 0 aromatic heterocycles. The standard InChI is InChI=1S/C6H4O4/c7-3-1-2-4(8)6(10)5(3)9/h1-2,7-8H. The van der Waals surface area contributed by atoms with Crippen LogP contribution in [0.4, 0.5) is 0 Å². The summed E-state index contributed by atoms with van der Waals surface area (Å²) in [6.45, 7) is 0. The van der Waals surface area contributed by atoms with Crippen molar-refractivity contribution in [2.75, 3.05) is 0 Å². The molecule has 52 valence electrons. The molecule has 2 N–H and O–H groups in total. The summed E-state index contributed by atoms with van der Waals surface area (Å²) in [6.07, 6.45) is 1.94. The first kappa shape index (κ1) is 6.54. The van der Waals surface area contributed by atoms with Gasteiger partial charge in [0.15, 0.2) is 11.5 Å². The first-order valence-corrected chi connectivity index (χ1v) is 2.52.